The van der Waals surface area contributed by atoms with E-state index in [9.17, 15) is 4.79 Å². The van der Waals surface area contributed by atoms with Crippen molar-refractivity contribution in [3.63, 3.8) is 0 Å². The maximum Gasteiger partial charge on any atom is 0.249 e. The van der Waals surface area contributed by atoms with Gasteiger partial charge in [-0.05, 0) is 35.4 Å². The van der Waals surface area contributed by atoms with Crippen LogP contribution in [-0.4, -0.2) is 15.1 Å². The number of aromatic nitrogens is 2. The van der Waals surface area contributed by atoms with Crippen molar-refractivity contribution in [3.8, 4) is 5.88 Å². The van der Waals surface area contributed by atoms with Gasteiger partial charge in [-0.25, -0.2) is 4.09 Å². The summed E-state index contributed by atoms with van der Waals surface area (Å²) in [5, 5.41) is 7.17. The zero-order valence-corrected chi connectivity index (χ0v) is 12.9. The number of carbonyl (C=O) groups excluding carboxylic acids is 1. The monoisotopic (exact) mass is 317 g/mol. The molecule has 0 atom stereocenters. The molecule has 1 heterocycles. The van der Waals surface area contributed by atoms with Gasteiger partial charge in [-0.1, -0.05) is 31.5 Å². The Balaban J connectivity index is 2.32. The Morgan fingerprint density at radius 1 is 1.50 bits per heavy atom. The van der Waals surface area contributed by atoms with Crippen LogP contribution in [0.25, 0.3) is 10.4 Å². The number of hydrogen-bond acceptors (Lipinski definition) is 4. The van der Waals surface area contributed by atoms with Crippen LogP contribution in [0, 0.1) is 0 Å². The van der Waals surface area contributed by atoms with Crippen LogP contribution in [0.15, 0.2) is 35.6 Å². The molecule has 0 unspecified atom stereocenters. The highest BCUT2D eigenvalue weighted by Gasteiger charge is 2.14. The predicted octanol–water partition coefficient (Wildman–Crippen LogP) is 3.56. The Morgan fingerprint density at radius 3 is 2.95 bits per heavy atom. The molecule has 0 radical (unpaired) electrons. The Hall–Kier alpha value is -2.44. The number of amides is 1. The van der Waals surface area contributed by atoms with Gasteiger partial charge >= 0.3 is 0 Å². The summed E-state index contributed by atoms with van der Waals surface area (Å²) in [6, 6.07) is 7.01. The molecule has 1 amide bonds. The molecule has 114 valence electrons. The standard InChI is InChI=1S/C14H15N5O2S/c1-2-4-10-5-3-6-11(14(20)16-18-15)12(10)9-21-13-7-8-19(22)17-13/h3,5-8,22H,2,4,9H2,1H3. The molecule has 0 N–H and O–H groups in total. The lowest BCUT2D eigenvalue weighted by Gasteiger charge is -2.12. The Bertz CT molecular complexity index is 722. The van der Waals surface area contributed by atoms with Crippen molar-refractivity contribution in [2.75, 3.05) is 0 Å². The van der Waals surface area contributed by atoms with E-state index in [1.165, 1.54) is 4.09 Å². The Morgan fingerprint density at radius 2 is 2.32 bits per heavy atom. The molecule has 2 rings (SSSR count). The Kier molecular flexibility index (Phi) is 5.46. The van der Waals surface area contributed by atoms with Gasteiger partial charge in [0.2, 0.25) is 11.8 Å². The first-order valence-corrected chi connectivity index (χ1v) is 7.13. The van der Waals surface area contributed by atoms with E-state index in [4.69, 9.17) is 10.3 Å². The highest BCUT2D eigenvalue weighted by atomic mass is 32.1. The van der Waals surface area contributed by atoms with E-state index < -0.39 is 5.91 Å². The van der Waals surface area contributed by atoms with Gasteiger partial charge in [0.1, 0.15) is 6.61 Å². The third-order valence-corrected chi connectivity index (χ3v) is 3.30. The van der Waals surface area contributed by atoms with Crippen LogP contribution in [-0.2, 0) is 13.0 Å². The molecule has 1 aromatic heterocycles. The van der Waals surface area contributed by atoms with Gasteiger partial charge < -0.3 is 4.74 Å². The van der Waals surface area contributed by atoms with Crippen molar-refractivity contribution in [1.29, 1.82) is 0 Å². The van der Waals surface area contributed by atoms with Gasteiger partial charge in [-0.15, -0.1) is 5.10 Å². The van der Waals surface area contributed by atoms with Crippen LogP contribution in [0.2, 0.25) is 0 Å². The first-order valence-electron chi connectivity index (χ1n) is 6.73. The fourth-order valence-electron chi connectivity index (χ4n) is 2.12. The number of carbonyl (C=O) groups is 1. The molecule has 0 aliphatic carbocycles. The minimum Gasteiger partial charge on any atom is -0.472 e. The van der Waals surface area contributed by atoms with Crippen molar-refractivity contribution in [3.05, 3.63) is 57.6 Å². The lowest BCUT2D eigenvalue weighted by atomic mass is 9.98. The van der Waals surface area contributed by atoms with Crippen molar-refractivity contribution in [1.82, 2.24) is 9.19 Å². The molecule has 0 spiro atoms. The maximum atomic E-state index is 11.9. The van der Waals surface area contributed by atoms with Gasteiger partial charge in [0.05, 0.1) is 0 Å². The highest BCUT2D eigenvalue weighted by Crippen LogP contribution is 2.20. The fraction of sp³-hybridized carbons (Fsp3) is 0.286. The normalized spacial score (nSPS) is 10.1. The summed E-state index contributed by atoms with van der Waals surface area (Å²) in [6.07, 6.45) is 3.37. The number of ether oxygens (including phenoxy) is 1. The van der Waals surface area contributed by atoms with Crippen molar-refractivity contribution in [2.24, 2.45) is 5.11 Å². The van der Waals surface area contributed by atoms with Crippen LogP contribution >= 0.6 is 12.8 Å². The van der Waals surface area contributed by atoms with Gasteiger partial charge in [-0.2, -0.15) is 0 Å². The van der Waals surface area contributed by atoms with E-state index in [2.05, 4.69) is 34.9 Å². The first-order chi connectivity index (χ1) is 10.7. The number of azide groups is 1. The maximum absolute atomic E-state index is 11.9. The number of thiol groups is 1. The summed E-state index contributed by atoms with van der Waals surface area (Å²) in [5.41, 5.74) is 10.5. The number of nitrogens with zero attached hydrogens (tertiary/aromatic N) is 5. The Labute approximate surface area is 133 Å². The largest absolute Gasteiger partial charge is 0.472 e. The van der Waals surface area contributed by atoms with Gasteiger partial charge in [0.15, 0.2) is 0 Å². The molecule has 1 aromatic carbocycles. The zero-order valence-electron chi connectivity index (χ0n) is 12.0. The molecule has 0 saturated carbocycles. The second kappa shape index (κ2) is 7.53. The van der Waals surface area contributed by atoms with E-state index in [-0.39, 0.29) is 6.61 Å². The van der Waals surface area contributed by atoms with E-state index in [1.807, 2.05) is 6.07 Å². The number of rotatable bonds is 6. The summed E-state index contributed by atoms with van der Waals surface area (Å²) < 4.78 is 6.93. The minimum atomic E-state index is -0.612. The summed E-state index contributed by atoms with van der Waals surface area (Å²) in [4.78, 5) is 14.5. The molecule has 22 heavy (non-hydrogen) atoms. The smallest absolute Gasteiger partial charge is 0.249 e. The lowest BCUT2D eigenvalue weighted by molar-refractivity contribution is 0.0997. The number of hydrogen-bond donors (Lipinski definition) is 1. The van der Waals surface area contributed by atoms with Gasteiger partial charge in [-0.3, -0.25) is 4.79 Å². The van der Waals surface area contributed by atoms with E-state index in [0.29, 0.717) is 11.4 Å². The van der Waals surface area contributed by atoms with Crippen LogP contribution in [0.5, 0.6) is 5.88 Å². The van der Waals surface area contributed by atoms with E-state index >= 15 is 0 Å². The molecule has 8 heteroatoms. The van der Waals surface area contributed by atoms with Crippen molar-refractivity contribution >= 4 is 18.7 Å². The van der Waals surface area contributed by atoms with Gasteiger partial charge in [0, 0.05) is 28.3 Å². The minimum absolute atomic E-state index is 0.170. The summed E-state index contributed by atoms with van der Waals surface area (Å²) in [6.45, 7) is 2.22. The predicted molar refractivity (Wildman–Crippen MR) is 84.9 cm³/mol. The molecule has 0 aliphatic rings. The number of benzene rings is 1. The average molecular weight is 317 g/mol. The SMILES string of the molecule is CCCc1cccc(C(=O)N=[N+]=[N-])c1COc1ccn(S)n1. The van der Waals surface area contributed by atoms with Crippen LogP contribution in [0.3, 0.4) is 0 Å². The quantitative estimate of drug-likeness (QED) is 0.382. The third kappa shape index (κ3) is 3.81. The molecule has 0 fully saturated rings. The summed E-state index contributed by atoms with van der Waals surface area (Å²) in [5.74, 6) is -0.206. The third-order valence-electron chi connectivity index (χ3n) is 3.07. The number of aryl methyl sites for hydroxylation is 1. The first kappa shape index (κ1) is 15.9. The molecule has 2 aromatic rings. The van der Waals surface area contributed by atoms with Crippen molar-refractivity contribution in [2.45, 2.75) is 26.4 Å². The second-order valence-corrected chi connectivity index (χ2v) is 4.96. The van der Waals surface area contributed by atoms with Crippen LogP contribution in [0.1, 0.15) is 34.8 Å². The van der Waals surface area contributed by atoms with Crippen molar-refractivity contribution < 1.29 is 9.53 Å². The molecule has 0 saturated heterocycles. The second-order valence-electron chi connectivity index (χ2n) is 4.55. The van der Waals surface area contributed by atoms with Crippen LogP contribution < -0.4 is 4.74 Å². The molecular formula is C14H15N5O2S. The molecule has 7 nitrogen and oxygen atoms in total. The molecule has 0 aliphatic heterocycles. The average Bonchev–Trinajstić information content (AvgIpc) is 2.92. The zero-order chi connectivity index (χ0) is 15.9. The highest BCUT2D eigenvalue weighted by molar-refractivity contribution is 7.78. The van der Waals surface area contributed by atoms with E-state index in [0.717, 1.165) is 24.0 Å². The summed E-state index contributed by atoms with van der Waals surface area (Å²) >= 11 is 4.04. The fourth-order valence-corrected chi connectivity index (χ4v) is 2.28. The van der Waals surface area contributed by atoms with Gasteiger partial charge in [0.25, 0.3) is 0 Å². The topological polar surface area (TPSA) is 92.9 Å². The van der Waals surface area contributed by atoms with E-state index in [1.54, 1.807) is 24.4 Å². The summed E-state index contributed by atoms with van der Waals surface area (Å²) in [7, 11) is 0. The molecule has 0 bridgehead atoms. The molecular weight excluding hydrogens is 302 g/mol. The lowest BCUT2D eigenvalue weighted by Crippen LogP contribution is -2.08. The van der Waals surface area contributed by atoms with Crippen LogP contribution in [0.4, 0.5) is 0 Å².